The van der Waals surface area contributed by atoms with Crippen molar-refractivity contribution in [2.24, 2.45) is 0 Å². The number of nitrogens with zero attached hydrogens (tertiary/aromatic N) is 1. The van der Waals surface area contributed by atoms with Gasteiger partial charge in [-0.15, -0.1) is 0 Å². The molecule has 0 aromatic heterocycles. The van der Waals surface area contributed by atoms with Crippen molar-refractivity contribution in [3.8, 4) is 0 Å². The van der Waals surface area contributed by atoms with Gasteiger partial charge in [-0.05, 0) is 24.3 Å². The third kappa shape index (κ3) is 4.04. The molecule has 0 heterocycles. The van der Waals surface area contributed by atoms with Gasteiger partial charge in [0, 0.05) is 17.9 Å². The van der Waals surface area contributed by atoms with Gasteiger partial charge in [-0.2, -0.15) is 4.31 Å². The van der Waals surface area contributed by atoms with E-state index in [1.807, 2.05) is 37.3 Å². The second-order valence-corrected chi connectivity index (χ2v) is 7.88. The number of halogens is 1. The van der Waals surface area contributed by atoms with Gasteiger partial charge in [-0.3, -0.25) is 0 Å². The molecular weight excluding hydrogens is 326 g/mol. The molecule has 0 radical (unpaired) electrons. The predicted molar refractivity (Wildman–Crippen MR) is 82.2 cm³/mol. The lowest BCUT2D eigenvalue weighted by Gasteiger charge is -2.23. The van der Waals surface area contributed by atoms with Gasteiger partial charge in [0.2, 0.25) is 10.0 Å². The van der Waals surface area contributed by atoms with Gasteiger partial charge in [0.1, 0.15) is 0 Å². The van der Waals surface area contributed by atoms with Crippen molar-refractivity contribution in [3.05, 3.63) is 35.9 Å². The molecule has 2 rings (SSSR count). The fourth-order valence-electron chi connectivity index (χ4n) is 2.28. The average Bonchev–Trinajstić information content (AvgIpc) is 3.20. The van der Waals surface area contributed by atoms with Gasteiger partial charge in [-0.1, -0.05) is 53.2 Å². The second kappa shape index (κ2) is 6.37. The Bertz CT molecular complexity index is 499. The van der Waals surface area contributed by atoms with Crippen molar-refractivity contribution < 1.29 is 8.42 Å². The highest BCUT2D eigenvalue weighted by Gasteiger charge is 2.37. The van der Waals surface area contributed by atoms with Crippen LogP contribution in [-0.2, 0) is 10.0 Å². The highest BCUT2D eigenvalue weighted by atomic mass is 79.9. The molecule has 1 aliphatic carbocycles. The zero-order chi connectivity index (χ0) is 13.9. The molecule has 3 nitrogen and oxygen atoms in total. The highest BCUT2D eigenvalue weighted by Crippen LogP contribution is 2.31. The Morgan fingerprint density at radius 2 is 1.95 bits per heavy atom. The zero-order valence-corrected chi connectivity index (χ0v) is 13.5. The van der Waals surface area contributed by atoms with Gasteiger partial charge in [0.25, 0.3) is 0 Å². The summed E-state index contributed by atoms with van der Waals surface area (Å²) in [6.45, 7) is 2.56. The lowest BCUT2D eigenvalue weighted by molar-refractivity contribution is 0.422. The van der Waals surface area contributed by atoms with Crippen LogP contribution in [0.25, 0.3) is 0 Å². The molecular formula is C14H20BrNO2S. The minimum absolute atomic E-state index is 0.0303. The summed E-state index contributed by atoms with van der Waals surface area (Å²) in [6, 6.07) is 10.1. The van der Waals surface area contributed by atoms with E-state index in [-0.39, 0.29) is 17.7 Å². The van der Waals surface area contributed by atoms with Crippen molar-refractivity contribution in [1.82, 2.24) is 4.31 Å². The van der Waals surface area contributed by atoms with E-state index >= 15 is 0 Å². The Morgan fingerprint density at radius 1 is 1.32 bits per heavy atom. The summed E-state index contributed by atoms with van der Waals surface area (Å²) in [4.78, 5) is 0. The van der Waals surface area contributed by atoms with E-state index in [1.54, 1.807) is 4.31 Å². The molecule has 19 heavy (non-hydrogen) atoms. The monoisotopic (exact) mass is 345 g/mol. The normalized spacial score (nSPS) is 17.6. The van der Waals surface area contributed by atoms with Crippen molar-refractivity contribution in [2.75, 3.05) is 17.6 Å². The van der Waals surface area contributed by atoms with E-state index in [1.165, 1.54) is 0 Å². The molecule has 1 fully saturated rings. The first kappa shape index (κ1) is 15.0. The van der Waals surface area contributed by atoms with E-state index < -0.39 is 10.0 Å². The molecule has 0 saturated heterocycles. The lowest BCUT2D eigenvalue weighted by atomic mass is 10.0. The quantitative estimate of drug-likeness (QED) is 0.712. The zero-order valence-electron chi connectivity index (χ0n) is 11.1. The maximum absolute atomic E-state index is 12.5. The number of benzene rings is 1. The molecule has 1 saturated carbocycles. The predicted octanol–water partition coefficient (Wildman–Crippen LogP) is 2.98. The maximum atomic E-state index is 12.5. The van der Waals surface area contributed by atoms with Gasteiger partial charge in [0.15, 0.2) is 0 Å². The summed E-state index contributed by atoms with van der Waals surface area (Å²) in [7, 11) is -3.17. The van der Waals surface area contributed by atoms with Crippen LogP contribution in [0.1, 0.15) is 31.2 Å². The molecule has 106 valence electrons. The van der Waals surface area contributed by atoms with E-state index in [9.17, 15) is 8.42 Å². The van der Waals surface area contributed by atoms with Crippen LogP contribution in [0.3, 0.4) is 0 Å². The van der Waals surface area contributed by atoms with Crippen LogP contribution in [0.2, 0.25) is 0 Å². The summed E-state index contributed by atoms with van der Waals surface area (Å²) >= 11 is 3.34. The van der Waals surface area contributed by atoms with E-state index in [0.29, 0.717) is 11.9 Å². The average molecular weight is 346 g/mol. The molecule has 0 aliphatic heterocycles. The molecule has 5 heteroatoms. The van der Waals surface area contributed by atoms with E-state index in [2.05, 4.69) is 15.9 Å². The lowest BCUT2D eigenvalue weighted by Crippen LogP contribution is -2.37. The summed E-state index contributed by atoms with van der Waals surface area (Å²) in [6.07, 6.45) is 2.01. The van der Waals surface area contributed by atoms with Crippen LogP contribution in [0.15, 0.2) is 30.3 Å². The third-order valence-corrected chi connectivity index (χ3v) is 5.92. The molecule has 1 aromatic rings. The smallest absolute Gasteiger partial charge is 0.212 e. The summed E-state index contributed by atoms with van der Waals surface area (Å²) in [5.41, 5.74) is 1.08. The number of alkyl halides is 1. The van der Waals surface area contributed by atoms with Crippen LogP contribution < -0.4 is 0 Å². The first-order chi connectivity index (χ1) is 9.04. The van der Waals surface area contributed by atoms with Crippen molar-refractivity contribution in [3.63, 3.8) is 0 Å². The SMILES string of the molecule is CC(CS(=O)(=O)N(CCBr)C1CC1)c1ccccc1. The van der Waals surface area contributed by atoms with Gasteiger partial charge >= 0.3 is 0 Å². The van der Waals surface area contributed by atoms with Crippen LogP contribution >= 0.6 is 15.9 Å². The molecule has 0 spiro atoms. The van der Waals surface area contributed by atoms with Crippen molar-refractivity contribution in [2.45, 2.75) is 31.7 Å². The number of sulfonamides is 1. The Kier molecular flexibility index (Phi) is 5.03. The number of hydrogen-bond acceptors (Lipinski definition) is 2. The molecule has 0 bridgehead atoms. The molecule has 1 atom stereocenters. The van der Waals surface area contributed by atoms with Crippen molar-refractivity contribution in [1.29, 1.82) is 0 Å². The van der Waals surface area contributed by atoms with E-state index in [0.717, 1.165) is 18.4 Å². The van der Waals surface area contributed by atoms with Gasteiger partial charge in [0.05, 0.1) is 5.75 Å². The first-order valence-corrected chi connectivity index (χ1v) is 9.38. The topological polar surface area (TPSA) is 37.4 Å². The largest absolute Gasteiger partial charge is 0.214 e. The standard InChI is InChI=1S/C14H20BrNO2S/c1-12(13-5-3-2-4-6-13)11-19(17,18)16(10-9-15)14-7-8-14/h2-6,12,14H,7-11H2,1H3. The minimum Gasteiger partial charge on any atom is -0.212 e. The number of hydrogen-bond donors (Lipinski definition) is 0. The molecule has 1 unspecified atom stereocenters. The van der Waals surface area contributed by atoms with E-state index in [4.69, 9.17) is 0 Å². The Labute approximate surface area is 124 Å². The first-order valence-electron chi connectivity index (χ1n) is 6.65. The minimum atomic E-state index is -3.17. The van der Waals surface area contributed by atoms with Crippen LogP contribution in [0, 0.1) is 0 Å². The summed E-state index contributed by atoms with van der Waals surface area (Å²) in [5, 5.41) is 0.697. The van der Waals surface area contributed by atoms with Crippen molar-refractivity contribution >= 4 is 26.0 Å². The fourth-order valence-corrected chi connectivity index (χ4v) is 4.95. The Balaban J connectivity index is 2.07. The fraction of sp³-hybridized carbons (Fsp3) is 0.571. The van der Waals surface area contributed by atoms with Crippen LogP contribution in [0.5, 0.6) is 0 Å². The molecule has 1 aromatic carbocycles. The summed E-state index contributed by atoms with van der Waals surface area (Å²) < 4.78 is 26.7. The molecule has 1 aliphatic rings. The molecule has 0 N–H and O–H groups in total. The Morgan fingerprint density at radius 3 is 2.47 bits per heavy atom. The Hall–Kier alpha value is -0.390. The summed E-state index contributed by atoms with van der Waals surface area (Å²) in [5.74, 6) is 0.225. The highest BCUT2D eigenvalue weighted by molar-refractivity contribution is 9.09. The van der Waals surface area contributed by atoms with Gasteiger partial charge < -0.3 is 0 Å². The van der Waals surface area contributed by atoms with Gasteiger partial charge in [-0.25, -0.2) is 8.42 Å². The number of rotatable bonds is 7. The third-order valence-electron chi connectivity index (χ3n) is 3.45. The second-order valence-electron chi connectivity index (χ2n) is 5.12. The van der Waals surface area contributed by atoms with Crippen LogP contribution in [-0.4, -0.2) is 36.4 Å². The maximum Gasteiger partial charge on any atom is 0.214 e. The molecule has 0 amide bonds. The van der Waals surface area contributed by atoms with Crippen LogP contribution in [0.4, 0.5) is 0 Å².